The molecule has 0 saturated heterocycles. The molecule has 0 N–H and O–H groups in total. The van der Waals surface area contributed by atoms with Gasteiger partial charge in [0.1, 0.15) is 0 Å². The molecule has 33 heavy (non-hydrogen) atoms. The molecule has 7 heteroatoms. The summed E-state index contributed by atoms with van der Waals surface area (Å²) in [7, 11) is 0. The van der Waals surface area contributed by atoms with Crippen molar-refractivity contribution in [3.63, 3.8) is 0 Å². The Kier molecular flexibility index (Phi) is 10.3. The van der Waals surface area contributed by atoms with Gasteiger partial charge in [-0.2, -0.15) is 0 Å². The summed E-state index contributed by atoms with van der Waals surface area (Å²) >= 11 is 17.5. The van der Waals surface area contributed by atoms with E-state index < -0.39 is 25.8 Å². The molecule has 2 aromatic carbocycles. The molecule has 0 aliphatic heterocycles. The van der Waals surface area contributed by atoms with Crippen molar-refractivity contribution in [1.82, 2.24) is 0 Å². The number of rotatable bonds is 3. The van der Waals surface area contributed by atoms with E-state index in [-0.39, 0.29) is 24.8 Å². The Morgan fingerprint density at radius 2 is 1.45 bits per heavy atom. The Bertz CT molecular complexity index is 1210. The van der Waals surface area contributed by atoms with Gasteiger partial charge in [0.15, 0.2) is 0 Å². The van der Waals surface area contributed by atoms with Gasteiger partial charge in [0.05, 0.1) is 0 Å². The number of fused-ring (bicyclic) bond motifs is 1. The summed E-state index contributed by atoms with van der Waals surface area (Å²) < 4.78 is 2.34. The van der Waals surface area contributed by atoms with E-state index >= 15 is 0 Å². The van der Waals surface area contributed by atoms with Gasteiger partial charge in [-0.1, -0.05) is 0 Å². The third kappa shape index (κ3) is 5.20. The molecule has 0 amide bonds. The van der Waals surface area contributed by atoms with Crippen LogP contribution < -0.4 is 0 Å². The van der Waals surface area contributed by atoms with Gasteiger partial charge in [0, 0.05) is 0 Å². The van der Waals surface area contributed by atoms with E-state index in [4.69, 9.17) is 34.8 Å². The van der Waals surface area contributed by atoms with Gasteiger partial charge >= 0.3 is 211 Å². The molecule has 2 atom stereocenters. The summed E-state index contributed by atoms with van der Waals surface area (Å²) in [6, 6.07) is 12.5. The van der Waals surface area contributed by atoms with Gasteiger partial charge in [-0.25, -0.2) is 0 Å². The van der Waals surface area contributed by atoms with Crippen molar-refractivity contribution < 1.29 is 20.4 Å². The second-order valence-electron chi connectivity index (χ2n) is 8.87. The number of hydrogen-bond donors (Lipinski definition) is 0. The number of hydrogen-bond acceptors (Lipinski definition) is 0. The monoisotopic (exact) mass is 634 g/mol. The topological polar surface area (TPSA) is 0 Å². The minimum Gasteiger partial charge on any atom is -0.147 e. The first-order chi connectivity index (χ1) is 14.6. The van der Waals surface area contributed by atoms with Gasteiger partial charge in [-0.3, -0.25) is 0 Å². The van der Waals surface area contributed by atoms with E-state index in [1.807, 2.05) is 3.28 Å². The Morgan fingerprint density at radius 1 is 0.879 bits per heavy atom. The van der Waals surface area contributed by atoms with Crippen LogP contribution in [0.5, 0.6) is 0 Å². The quantitative estimate of drug-likeness (QED) is 0.294. The summed E-state index contributed by atoms with van der Waals surface area (Å²) in [5.41, 5.74) is 9.06. The molecule has 0 saturated carbocycles. The second kappa shape index (κ2) is 11.5. The minimum absolute atomic E-state index is 0. The van der Waals surface area contributed by atoms with Crippen LogP contribution in [0.4, 0.5) is 0 Å². The normalized spacial score (nSPS) is 19.1. The molecule has 0 nitrogen and oxygen atoms in total. The molecule has 0 aromatic heterocycles. The van der Waals surface area contributed by atoms with E-state index in [2.05, 4.69) is 71.1 Å². The third-order valence-corrected chi connectivity index (χ3v) is 26.4. The summed E-state index contributed by atoms with van der Waals surface area (Å²) in [6.45, 7) is 14.5. The van der Waals surface area contributed by atoms with E-state index in [0.717, 1.165) is 5.56 Å². The van der Waals surface area contributed by atoms with Gasteiger partial charge in [0.25, 0.3) is 0 Å². The number of allylic oxidation sites excluding steroid dienone is 5. The van der Waals surface area contributed by atoms with Crippen LogP contribution >= 0.6 is 59.6 Å². The molecule has 2 aliphatic carbocycles. The first kappa shape index (κ1) is 29.4. The summed E-state index contributed by atoms with van der Waals surface area (Å²) in [5.74, 6) is 0.585. The van der Waals surface area contributed by atoms with Crippen molar-refractivity contribution in [2.75, 3.05) is 0 Å². The van der Waals surface area contributed by atoms with Crippen molar-refractivity contribution in [2.24, 2.45) is 5.92 Å². The third-order valence-electron chi connectivity index (χ3n) is 6.98. The first-order valence-corrected chi connectivity index (χ1v) is 20.6. The van der Waals surface area contributed by atoms with E-state index in [9.17, 15) is 0 Å². The van der Waals surface area contributed by atoms with Crippen molar-refractivity contribution in [2.45, 2.75) is 44.4 Å². The summed E-state index contributed by atoms with van der Waals surface area (Å²) in [5, 5.41) is 1.82. The SMILES string of the molecule is CC1=C(C)C(C)[C]([Zr]([CH]2C=C(c3c(Cl)cc(Cl)cc3Cl)c3ccccc32)=[Si](C)C)=C1C.Cl.Cl. The molecule has 2 unspecified atom stereocenters. The number of halogens is 5. The zero-order chi connectivity index (χ0) is 22.6. The van der Waals surface area contributed by atoms with Crippen LogP contribution in [-0.4, -0.2) is 5.43 Å². The average molecular weight is 638 g/mol. The van der Waals surface area contributed by atoms with Gasteiger partial charge in [0.2, 0.25) is 0 Å². The maximum atomic E-state index is 6.68. The van der Waals surface area contributed by atoms with Crippen molar-refractivity contribution in [3.8, 4) is 0 Å². The van der Waals surface area contributed by atoms with Gasteiger partial charge < -0.3 is 0 Å². The van der Waals surface area contributed by atoms with Crippen molar-refractivity contribution in [1.29, 1.82) is 0 Å². The molecule has 0 heterocycles. The fourth-order valence-electron chi connectivity index (χ4n) is 5.16. The van der Waals surface area contributed by atoms with Gasteiger partial charge in [-0.15, -0.1) is 24.8 Å². The first-order valence-electron chi connectivity index (χ1n) is 10.7. The maximum absolute atomic E-state index is 6.68. The Morgan fingerprint density at radius 3 is 1.97 bits per heavy atom. The molecule has 4 rings (SSSR count). The second-order valence-corrected chi connectivity index (χ2v) is 27.6. The van der Waals surface area contributed by atoms with Crippen molar-refractivity contribution >= 4 is 70.6 Å². The molecule has 0 radical (unpaired) electrons. The van der Waals surface area contributed by atoms with E-state index in [0.29, 0.717) is 24.6 Å². The largest absolute Gasteiger partial charge is 0.147 e. The average Bonchev–Trinajstić information content (AvgIpc) is 3.15. The smallest absolute Gasteiger partial charge is 0.147 e. The maximum Gasteiger partial charge on any atom is -0.147 e. The summed E-state index contributed by atoms with van der Waals surface area (Å²) in [4.78, 5) is 0. The molecule has 0 fully saturated rings. The fraction of sp³-hybridized carbons (Fsp3) is 0.308. The van der Waals surface area contributed by atoms with E-state index in [1.165, 1.54) is 22.3 Å². The van der Waals surface area contributed by atoms with Crippen LogP contribution in [0.2, 0.25) is 28.2 Å². The zero-order valence-electron chi connectivity index (χ0n) is 19.6. The molecule has 176 valence electrons. The Labute approximate surface area is 233 Å². The molecule has 2 aliphatic rings. The summed E-state index contributed by atoms with van der Waals surface area (Å²) in [6.07, 6.45) is 2.51. The Balaban J connectivity index is 0.00000193. The standard InChI is InChI=1S/C15H8Cl3.C9H13.C2H6Si.2ClH.Zr/c16-10-7-13(17)15(14(18)8-10)12-6-5-9-3-1-2-4-11(9)12;1-6-5-7(2)9(4)8(6)3;1-3-2;;;/h1-8H;6H,1-4H3;1-2H3;2*1H;. The Hall–Kier alpha value is 0.210. The molecular weight excluding hydrogens is 609 g/mol. The van der Waals surface area contributed by atoms with Crippen LogP contribution in [0.1, 0.15) is 48.0 Å². The van der Waals surface area contributed by atoms with Gasteiger partial charge in [-0.05, 0) is 0 Å². The van der Waals surface area contributed by atoms with Crippen LogP contribution in [0.25, 0.3) is 5.57 Å². The number of benzene rings is 2. The molecular formula is C26H29Cl5SiZr. The zero-order valence-corrected chi connectivity index (χ0v) is 27.0. The van der Waals surface area contributed by atoms with Crippen LogP contribution in [0.15, 0.2) is 62.5 Å². The predicted molar refractivity (Wildman–Crippen MR) is 150 cm³/mol. The van der Waals surface area contributed by atoms with Crippen LogP contribution in [-0.2, 0) is 20.4 Å². The van der Waals surface area contributed by atoms with Crippen LogP contribution in [0, 0.1) is 5.92 Å². The van der Waals surface area contributed by atoms with Crippen LogP contribution in [0.3, 0.4) is 0 Å². The predicted octanol–water partition coefficient (Wildman–Crippen LogP) is 10.1. The minimum atomic E-state index is -2.04. The van der Waals surface area contributed by atoms with E-state index in [1.54, 1.807) is 23.3 Å². The molecule has 0 spiro atoms. The fourth-order valence-corrected chi connectivity index (χ4v) is 25.9. The molecule has 0 bridgehead atoms. The van der Waals surface area contributed by atoms with Crippen molar-refractivity contribution in [3.05, 3.63) is 94.2 Å². The molecule has 2 aromatic rings.